The third kappa shape index (κ3) is 5.00. The predicted molar refractivity (Wildman–Crippen MR) is 135 cm³/mol. The molecule has 1 aliphatic heterocycles. The maximum absolute atomic E-state index is 12.6. The van der Waals surface area contributed by atoms with E-state index in [4.69, 9.17) is 4.74 Å². The lowest BCUT2D eigenvalue weighted by atomic mass is 9.98. The number of carbonyl (C=O) groups excluding carboxylic acids is 1. The first kappa shape index (κ1) is 22.9. The Hall–Kier alpha value is -3.84. The molecule has 1 fully saturated rings. The van der Waals surface area contributed by atoms with Crippen molar-refractivity contribution in [2.75, 3.05) is 37.7 Å². The van der Waals surface area contributed by atoms with Crippen molar-refractivity contribution in [2.45, 2.75) is 18.4 Å². The largest absolute Gasteiger partial charge is 0.480 e. The summed E-state index contributed by atoms with van der Waals surface area (Å²) in [5.74, 6) is -1.17. The Morgan fingerprint density at radius 2 is 1.63 bits per heavy atom. The van der Waals surface area contributed by atoms with Gasteiger partial charge in [0.25, 0.3) is 0 Å². The molecule has 0 radical (unpaired) electrons. The molecule has 35 heavy (non-hydrogen) atoms. The molecular formula is C28H29N3O4. The Morgan fingerprint density at radius 1 is 0.971 bits per heavy atom. The molecule has 1 heterocycles. The van der Waals surface area contributed by atoms with Crippen LogP contribution in [0.1, 0.15) is 22.6 Å². The predicted octanol–water partition coefficient (Wildman–Crippen LogP) is 3.63. The summed E-state index contributed by atoms with van der Waals surface area (Å²) in [6, 6.07) is 23.0. The summed E-state index contributed by atoms with van der Waals surface area (Å²) >= 11 is 0. The fourth-order valence-electron chi connectivity index (χ4n) is 5.02. The number of amides is 1. The SMILES string of the molecule is O=C(NC(Cc1cccc(N2CCNCC2)c1)C(=O)O)OCC1c2ccccc2-c2ccccc21. The van der Waals surface area contributed by atoms with Gasteiger partial charge in [-0.1, -0.05) is 60.7 Å². The zero-order chi connectivity index (χ0) is 24.2. The van der Waals surface area contributed by atoms with Crippen LogP contribution in [0.3, 0.4) is 0 Å². The van der Waals surface area contributed by atoms with Gasteiger partial charge in [-0.25, -0.2) is 9.59 Å². The Morgan fingerprint density at radius 3 is 2.29 bits per heavy atom. The lowest BCUT2D eigenvalue weighted by Crippen LogP contribution is -2.44. The first-order valence-electron chi connectivity index (χ1n) is 12.0. The van der Waals surface area contributed by atoms with Crippen molar-refractivity contribution < 1.29 is 19.4 Å². The van der Waals surface area contributed by atoms with Crippen LogP contribution >= 0.6 is 0 Å². The zero-order valence-corrected chi connectivity index (χ0v) is 19.4. The average molecular weight is 472 g/mol. The van der Waals surface area contributed by atoms with Crippen LogP contribution in [-0.2, 0) is 16.0 Å². The molecule has 1 amide bonds. The Kier molecular flexibility index (Phi) is 6.68. The summed E-state index contributed by atoms with van der Waals surface area (Å²) in [7, 11) is 0. The summed E-state index contributed by atoms with van der Waals surface area (Å²) in [6.07, 6.45) is -0.544. The smallest absolute Gasteiger partial charge is 0.407 e. The fourth-order valence-corrected chi connectivity index (χ4v) is 5.02. The Labute approximate surface area is 204 Å². The van der Waals surface area contributed by atoms with Crippen molar-refractivity contribution in [3.63, 3.8) is 0 Å². The monoisotopic (exact) mass is 471 g/mol. The molecular weight excluding hydrogens is 442 g/mol. The number of hydrogen-bond donors (Lipinski definition) is 3. The molecule has 5 rings (SSSR count). The van der Waals surface area contributed by atoms with Crippen molar-refractivity contribution in [3.8, 4) is 11.1 Å². The number of carboxylic acids is 1. The van der Waals surface area contributed by atoms with Gasteiger partial charge in [-0.3, -0.25) is 0 Å². The van der Waals surface area contributed by atoms with Crippen LogP contribution in [0.5, 0.6) is 0 Å². The number of benzene rings is 3. The number of piperazine rings is 1. The summed E-state index contributed by atoms with van der Waals surface area (Å²) in [5.41, 5.74) is 6.43. The van der Waals surface area contributed by atoms with Gasteiger partial charge >= 0.3 is 12.1 Å². The molecule has 180 valence electrons. The summed E-state index contributed by atoms with van der Waals surface area (Å²) in [6.45, 7) is 3.80. The number of nitrogens with one attached hydrogen (secondary N) is 2. The molecule has 7 heteroatoms. The van der Waals surface area contributed by atoms with Crippen LogP contribution in [-0.4, -0.2) is 56.0 Å². The van der Waals surface area contributed by atoms with Crippen molar-refractivity contribution in [2.24, 2.45) is 0 Å². The molecule has 1 saturated heterocycles. The Bertz CT molecular complexity index is 1180. The summed E-state index contributed by atoms with van der Waals surface area (Å²) in [5, 5.41) is 15.6. The van der Waals surface area contributed by atoms with Gasteiger partial charge in [-0.15, -0.1) is 0 Å². The van der Waals surface area contributed by atoms with E-state index < -0.39 is 18.1 Å². The van der Waals surface area contributed by atoms with Crippen LogP contribution in [0.25, 0.3) is 11.1 Å². The van der Waals surface area contributed by atoms with Gasteiger partial charge in [-0.2, -0.15) is 0 Å². The molecule has 0 spiro atoms. The van der Waals surface area contributed by atoms with E-state index in [9.17, 15) is 14.7 Å². The number of fused-ring (bicyclic) bond motifs is 3. The molecule has 1 atom stereocenters. The number of anilines is 1. The maximum atomic E-state index is 12.6. The molecule has 3 aromatic carbocycles. The number of rotatable bonds is 7. The summed E-state index contributed by atoms with van der Waals surface area (Å²) in [4.78, 5) is 26.8. The molecule has 1 aliphatic carbocycles. The number of carbonyl (C=O) groups is 2. The van der Waals surface area contributed by atoms with Crippen LogP contribution in [0.15, 0.2) is 72.8 Å². The molecule has 2 aliphatic rings. The minimum atomic E-state index is -1.09. The van der Waals surface area contributed by atoms with Gasteiger partial charge in [0.1, 0.15) is 12.6 Å². The third-order valence-corrected chi connectivity index (χ3v) is 6.77. The molecule has 0 saturated carbocycles. The highest BCUT2D eigenvalue weighted by Crippen LogP contribution is 2.44. The highest BCUT2D eigenvalue weighted by atomic mass is 16.5. The second-order valence-electron chi connectivity index (χ2n) is 8.97. The van der Waals surface area contributed by atoms with Gasteiger partial charge in [0.15, 0.2) is 0 Å². The summed E-state index contributed by atoms with van der Waals surface area (Å²) < 4.78 is 5.55. The average Bonchev–Trinajstić information content (AvgIpc) is 3.21. The van der Waals surface area contributed by atoms with Crippen molar-refractivity contribution >= 4 is 17.7 Å². The van der Waals surface area contributed by atoms with Crippen LogP contribution in [0.4, 0.5) is 10.5 Å². The van der Waals surface area contributed by atoms with E-state index in [1.54, 1.807) is 0 Å². The van der Waals surface area contributed by atoms with Crippen LogP contribution < -0.4 is 15.5 Å². The first-order chi connectivity index (χ1) is 17.1. The van der Waals surface area contributed by atoms with E-state index in [-0.39, 0.29) is 18.9 Å². The first-order valence-corrected chi connectivity index (χ1v) is 12.0. The lowest BCUT2D eigenvalue weighted by Gasteiger charge is -2.29. The van der Waals surface area contributed by atoms with E-state index in [2.05, 4.69) is 27.7 Å². The third-order valence-electron chi connectivity index (χ3n) is 6.77. The van der Waals surface area contributed by atoms with Gasteiger partial charge < -0.3 is 25.4 Å². The van der Waals surface area contributed by atoms with E-state index in [0.29, 0.717) is 0 Å². The number of aliphatic carboxylic acids is 1. The van der Waals surface area contributed by atoms with Gasteiger partial charge in [0.05, 0.1) is 0 Å². The second kappa shape index (κ2) is 10.2. The number of ether oxygens (including phenoxy) is 1. The molecule has 0 bridgehead atoms. The number of carboxylic acid groups (broad SMARTS) is 1. The van der Waals surface area contributed by atoms with E-state index >= 15 is 0 Å². The normalized spacial score (nSPS) is 15.7. The van der Waals surface area contributed by atoms with E-state index in [1.165, 1.54) is 0 Å². The number of hydrogen-bond acceptors (Lipinski definition) is 5. The molecule has 0 aromatic heterocycles. The van der Waals surface area contributed by atoms with E-state index in [1.807, 2.05) is 60.7 Å². The molecule has 3 N–H and O–H groups in total. The van der Waals surface area contributed by atoms with E-state index in [0.717, 1.165) is 59.7 Å². The number of alkyl carbamates (subject to hydrolysis) is 1. The maximum Gasteiger partial charge on any atom is 0.407 e. The van der Waals surface area contributed by atoms with Crippen LogP contribution in [0.2, 0.25) is 0 Å². The second-order valence-corrected chi connectivity index (χ2v) is 8.97. The van der Waals surface area contributed by atoms with Gasteiger partial charge in [0, 0.05) is 44.2 Å². The fraction of sp³-hybridized carbons (Fsp3) is 0.286. The Balaban J connectivity index is 1.23. The molecule has 1 unspecified atom stereocenters. The highest BCUT2D eigenvalue weighted by molar-refractivity contribution is 5.81. The lowest BCUT2D eigenvalue weighted by molar-refractivity contribution is -0.139. The molecule has 7 nitrogen and oxygen atoms in total. The van der Waals surface area contributed by atoms with Crippen molar-refractivity contribution in [1.29, 1.82) is 0 Å². The van der Waals surface area contributed by atoms with Gasteiger partial charge in [-0.05, 0) is 39.9 Å². The minimum Gasteiger partial charge on any atom is -0.480 e. The van der Waals surface area contributed by atoms with Crippen molar-refractivity contribution in [1.82, 2.24) is 10.6 Å². The van der Waals surface area contributed by atoms with Crippen LogP contribution in [0, 0.1) is 0 Å². The van der Waals surface area contributed by atoms with Crippen molar-refractivity contribution in [3.05, 3.63) is 89.5 Å². The molecule has 3 aromatic rings. The highest BCUT2D eigenvalue weighted by Gasteiger charge is 2.30. The quantitative estimate of drug-likeness (QED) is 0.488. The topological polar surface area (TPSA) is 90.9 Å². The number of nitrogens with zero attached hydrogens (tertiary/aromatic N) is 1. The zero-order valence-electron chi connectivity index (χ0n) is 19.4. The standard InChI is InChI=1S/C28H29N3O4/c32-27(33)26(17-19-6-5-7-20(16-19)31-14-12-29-13-15-31)30-28(34)35-18-25-23-10-3-1-8-21(23)22-9-2-4-11-24(22)25/h1-11,16,25-26,29H,12-15,17-18H2,(H,30,34)(H,32,33). The van der Waals surface area contributed by atoms with Gasteiger partial charge in [0.2, 0.25) is 0 Å². The minimum absolute atomic E-state index is 0.0767.